The summed E-state index contributed by atoms with van der Waals surface area (Å²) in [6.07, 6.45) is -2.13. The highest BCUT2D eigenvalue weighted by molar-refractivity contribution is 5.96. The fraction of sp³-hybridized carbons (Fsp3) is 0.263. The van der Waals surface area contributed by atoms with Crippen LogP contribution in [0.5, 0.6) is 0 Å². The van der Waals surface area contributed by atoms with Gasteiger partial charge in [-0.1, -0.05) is 18.7 Å². The Labute approximate surface area is 178 Å². The van der Waals surface area contributed by atoms with Gasteiger partial charge in [0.25, 0.3) is 5.91 Å². The number of aliphatic imine (C=N–C) groups is 1. The molecule has 0 saturated heterocycles. The maximum absolute atomic E-state index is 13.1. The number of hydrogen-bond acceptors (Lipinski definition) is 4. The third-order valence-corrected chi connectivity index (χ3v) is 3.95. The lowest BCUT2D eigenvalue weighted by atomic mass is 9.89. The molecule has 0 saturated carbocycles. The zero-order valence-electron chi connectivity index (χ0n) is 16.6. The van der Waals surface area contributed by atoms with E-state index in [2.05, 4.69) is 32.5 Å². The van der Waals surface area contributed by atoms with Crippen LogP contribution in [0.15, 0.2) is 60.1 Å². The highest BCUT2D eigenvalue weighted by Gasteiger charge is 2.45. The molecule has 172 valence electrons. The van der Waals surface area contributed by atoms with Crippen LogP contribution in [0.25, 0.3) is 11.8 Å². The average molecular weight is 460 g/mol. The fourth-order valence-electron chi connectivity index (χ4n) is 2.44. The molecule has 7 nitrogen and oxygen atoms in total. The number of amides is 1. The van der Waals surface area contributed by atoms with E-state index < -0.39 is 41.7 Å². The third-order valence-electron chi connectivity index (χ3n) is 3.95. The number of nitrogens with zero attached hydrogens (tertiary/aromatic N) is 4. The second-order valence-electron chi connectivity index (χ2n) is 6.32. The number of carbonyl (C=O) groups is 1. The van der Waals surface area contributed by atoms with Crippen LogP contribution in [0.3, 0.4) is 0 Å². The van der Waals surface area contributed by atoms with Crippen molar-refractivity contribution in [1.29, 1.82) is 0 Å². The Morgan fingerprint density at radius 2 is 2.00 bits per heavy atom. The number of nitrogens with one attached hydrogen (secondary N) is 2. The van der Waals surface area contributed by atoms with Crippen molar-refractivity contribution >= 4 is 23.5 Å². The van der Waals surface area contributed by atoms with Crippen LogP contribution in [-0.2, 0) is 4.79 Å². The summed E-state index contributed by atoms with van der Waals surface area (Å²) in [7, 11) is 0. The van der Waals surface area contributed by atoms with Crippen molar-refractivity contribution in [3.63, 3.8) is 0 Å². The molecule has 1 aromatic rings. The second-order valence-corrected chi connectivity index (χ2v) is 6.32. The molecule has 1 aliphatic rings. The van der Waals surface area contributed by atoms with Gasteiger partial charge in [0.05, 0.1) is 5.92 Å². The first-order valence-electron chi connectivity index (χ1n) is 8.97. The molecular formula is C19H18F6N6O. The van der Waals surface area contributed by atoms with Gasteiger partial charge in [0, 0.05) is 29.6 Å². The summed E-state index contributed by atoms with van der Waals surface area (Å²) in [5.41, 5.74) is 3.03. The Bertz CT molecular complexity index is 997. The average Bonchev–Trinajstić information content (AvgIpc) is 3.20. The van der Waals surface area contributed by atoms with Crippen LogP contribution >= 0.6 is 0 Å². The lowest BCUT2D eigenvalue weighted by Gasteiger charge is -2.24. The van der Waals surface area contributed by atoms with Crippen molar-refractivity contribution in [2.75, 3.05) is 0 Å². The van der Waals surface area contributed by atoms with Gasteiger partial charge in [-0.25, -0.2) is 14.7 Å². The number of alkyl halides is 6. The molecular weight excluding hydrogens is 442 g/mol. The number of rotatable bonds is 5. The quantitative estimate of drug-likeness (QED) is 0.229. The minimum Gasteiger partial charge on any atom is -0.282 e. The predicted molar refractivity (Wildman–Crippen MR) is 105 cm³/mol. The van der Waals surface area contributed by atoms with Crippen molar-refractivity contribution in [2.45, 2.75) is 25.7 Å². The molecule has 2 N–H and O–H groups in total. The Hall–Kier alpha value is -3.64. The zero-order valence-corrected chi connectivity index (χ0v) is 16.6. The first-order chi connectivity index (χ1) is 14.9. The molecule has 1 amide bonds. The van der Waals surface area contributed by atoms with Crippen molar-refractivity contribution in [3.05, 3.63) is 60.9 Å². The van der Waals surface area contributed by atoms with Crippen molar-refractivity contribution in [2.24, 2.45) is 10.9 Å². The van der Waals surface area contributed by atoms with Gasteiger partial charge in [-0.15, -0.1) is 5.10 Å². The van der Waals surface area contributed by atoms with Crippen molar-refractivity contribution in [1.82, 2.24) is 25.6 Å². The van der Waals surface area contributed by atoms with Gasteiger partial charge >= 0.3 is 12.4 Å². The van der Waals surface area contributed by atoms with Gasteiger partial charge in [0.2, 0.25) is 0 Å². The Morgan fingerprint density at radius 1 is 1.28 bits per heavy atom. The fourth-order valence-corrected chi connectivity index (χ4v) is 2.44. The molecule has 0 aromatic carbocycles. The second kappa shape index (κ2) is 10.1. The van der Waals surface area contributed by atoms with E-state index in [-0.39, 0.29) is 11.7 Å². The van der Waals surface area contributed by atoms with Gasteiger partial charge in [0.15, 0.2) is 5.82 Å². The summed E-state index contributed by atoms with van der Waals surface area (Å²) in [5.74, 6) is -3.06. The number of allylic oxidation sites excluding steroid dienone is 5. The first kappa shape index (κ1) is 24.6. The maximum atomic E-state index is 13.1. The third kappa shape index (κ3) is 6.96. The van der Waals surface area contributed by atoms with Crippen LogP contribution in [-0.4, -0.2) is 38.9 Å². The number of carbonyl (C=O) groups excluding carboxylic acids is 1. The van der Waals surface area contributed by atoms with Crippen LogP contribution in [0.4, 0.5) is 26.3 Å². The van der Waals surface area contributed by atoms with E-state index >= 15 is 0 Å². The molecule has 1 unspecified atom stereocenters. The molecule has 0 fully saturated rings. The van der Waals surface area contributed by atoms with Crippen LogP contribution in [0.2, 0.25) is 0 Å². The molecule has 1 heterocycles. The Kier molecular flexibility index (Phi) is 7.78. The van der Waals surface area contributed by atoms with E-state index in [0.29, 0.717) is 12.2 Å². The van der Waals surface area contributed by atoms with E-state index in [1.54, 1.807) is 13.0 Å². The van der Waals surface area contributed by atoms with E-state index in [1.807, 2.05) is 0 Å². The monoisotopic (exact) mass is 460 g/mol. The summed E-state index contributed by atoms with van der Waals surface area (Å²) < 4.78 is 79.3. The first-order valence-corrected chi connectivity index (χ1v) is 8.97. The van der Waals surface area contributed by atoms with E-state index in [4.69, 9.17) is 0 Å². The number of aromatic nitrogens is 3. The van der Waals surface area contributed by atoms with Gasteiger partial charge in [-0.3, -0.25) is 15.6 Å². The number of hydrazine groups is 1. The minimum absolute atomic E-state index is 0.253. The predicted octanol–water partition coefficient (Wildman–Crippen LogP) is 3.94. The van der Waals surface area contributed by atoms with Gasteiger partial charge in [-0.2, -0.15) is 26.3 Å². The minimum atomic E-state index is -4.92. The van der Waals surface area contributed by atoms with Crippen LogP contribution in [0.1, 0.15) is 19.2 Å². The SMILES string of the molecule is C=C/C(=N\C=C/C)NNC(=O)/C=C/n1cnc(C2=CC(C(F)(F)F)CC(C(F)(F)F)=C2)n1. The van der Waals surface area contributed by atoms with Crippen LogP contribution in [0, 0.1) is 5.92 Å². The van der Waals surface area contributed by atoms with Gasteiger partial charge in [0.1, 0.15) is 12.2 Å². The maximum Gasteiger partial charge on any atom is 0.412 e. The molecule has 0 radical (unpaired) electrons. The smallest absolute Gasteiger partial charge is 0.282 e. The summed E-state index contributed by atoms with van der Waals surface area (Å²) in [6, 6.07) is 0. The largest absolute Gasteiger partial charge is 0.412 e. The zero-order chi connectivity index (χ0) is 23.9. The molecule has 0 bridgehead atoms. The lowest BCUT2D eigenvalue weighted by Crippen LogP contribution is -2.39. The lowest BCUT2D eigenvalue weighted by molar-refractivity contribution is -0.165. The normalized spacial score (nSPS) is 18.0. The van der Waals surface area contributed by atoms with E-state index in [9.17, 15) is 31.1 Å². The number of amidine groups is 1. The highest BCUT2D eigenvalue weighted by Crippen LogP contribution is 2.42. The highest BCUT2D eigenvalue weighted by atomic mass is 19.4. The topological polar surface area (TPSA) is 84.2 Å². The van der Waals surface area contributed by atoms with Crippen molar-refractivity contribution < 1.29 is 31.1 Å². The molecule has 1 atom stereocenters. The van der Waals surface area contributed by atoms with Gasteiger partial charge in [-0.05, 0) is 25.5 Å². The molecule has 13 heteroatoms. The number of halogens is 6. The summed E-state index contributed by atoms with van der Waals surface area (Å²) in [5, 5.41) is 3.81. The molecule has 2 rings (SSSR count). The Morgan fingerprint density at radius 3 is 2.59 bits per heavy atom. The molecule has 0 aliphatic heterocycles. The molecule has 0 spiro atoms. The van der Waals surface area contributed by atoms with Crippen molar-refractivity contribution in [3.8, 4) is 0 Å². The summed E-state index contributed by atoms with van der Waals surface area (Å²) in [4.78, 5) is 19.5. The molecule has 1 aliphatic carbocycles. The Balaban J connectivity index is 2.15. The summed E-state index contributed by atoms with van der Waals surface area (Å²) in [6.45, 7) is 5.24. The standard InChI is InChI=1S/C19H18F6N6O/c1-3-6-26-15(4-2)28-29-16(32)5-7-31-11-27-17(30-31)12-8-13(18(20,21)22)10-14(9-12)19(23,24)25/h3-9,11,13H,2,10H2,1H3,(H,26,28)(H,29,32)/b6-3-,7-5+. The van der Waals surface area contributed by atoms with E-state index in [0.717, 1.165) is 23.3 Å². The number of hydrogen-bond donors (Lipinski definition) is 2. The van der Waals surface area contributed by atoms with Crippen LogP contribution < -0.4 is 10.9 Å². The molecule has 1 aromatic heterocycles. The van der Waals surface area contributed by atoms with E-state index in [1.165, 1.54) is 12.3 Å². The summed E-state index contributed by atoms with van der Waals surface area (Å²) >= 11 is 0. The molecule has 32 heavy (non-hydrogen) atoms. The van der Waals surface area contributed by atoms with Gasteiger partial charge < -0.3 is 0 Å².